The maximum atomic E-state index is 15.1. The molecule has 4 aromatic rings. The number of halogens is 2. The molecule has 188 valence electrons. The van der Waals surface area contributed by atoms with E-state index in [2.05, 4.69) is 5.16 Å². The van der Waals surface area contributed by atoms with Crippen molar-refractivity contribution in [2.45, 2.75) is 19.3 Å². The first-order chi connectivity index (χ1) is 17.7. The lowest BCUT2D eigenvalue weighted by atomic mass is 9.83. The molecule has 0 fully saturated rings. The summed E-state index contributed by atoms with van der Waals surface area (Å²) in [6.07, 6.45) is 1.82. The molecule has 2 N–H and O–H groups in total. The molecular weight excluding hydrogens is 495 g/mol. The number of aryl methyl sites for hydroxylation is 2. The van der Waals surface area contributed by atoms with E-state index in [1.54, 1.807) is 49.6 Å². The van der Waals surface area contributed by atoms with E-state index in [1.165, 1.54) is 16.7 Å². The molecule has 4 rings (SSSR count). The van der Waals surface area contributed by atoms with Crippen LogP contribution < -0.4 is 5.56 Å². The molecule has 0 bridgehead atoms. The van der Waals surface area contributed by atoms with Gasteiger partial charge in [-0.1, -0.05) is 59.2 Å². The number of carbonyl (C=O) groups is 1. The third-order valence-electron chi connectivity index (χ3n) is 6.30. The van der Waals surface area contributed by atoms with Gasteiger partial charge in [-0.2, -0.15) is 0 Å². The van der Waals surface area contributed by atoms with Crippen LogP contribution in [0.3, 0.4) is 0 Å². The second-order valence-corrected chi connectivity index (χ2v) is 9.25. The van der Waals surface area contributed by atoms with Crippen LogP contribution in [0.1, 0.15) is 38.5 Å². The Balaban J connectivity index is 1.76. The van der Waals surface area contributed by atoms with Crippen molar-refractivity contribution in [2.24, 2.45) is 12.2 Å². The molecule has 1 aromatic heterocycles. The second kappa shape index (κ2) is 10.8. The Morgan fingerprint density at radius 3 is 2.38 bits per heavy atom. The second-order valence-electron chi connectivity index (χ2n) is 8.81. The number of nitrogens with zero attached hydrogens (tertiary/aromatic N) is 2. The molecule has 0 radical (unpaired) electrons. The molecule has 0 amide bonds. The van der Waals surface area contributed by atoms with Crippen LogP contribution in [0.5, 0.6) is 0 Å². The Kier molecular flexibility index (Phi) is 7.55. The van der Waals surface area contributed by atoms with Gasteiger partial charge in [0.1, 0.15) is 5.82 Å². The third-order valence-corrected chi connectivity index (χ3v) is 6.53. The molecule has 0 saturated carbocycles. The number of carboxylic acids is 1. The SMILES string of the molecule is Cc1cc(C(=O)O)ccc1-c1ccc(C(/C(Cc2ccc(=O)n(C)c2)=N/O)c2ccc(Cl)cc2F)cc1. The summed E-state index contributed by atoms with van der Waals surface area (Å²) < 4.78 is 16.5. The number of carboxylic acid groups (broad SMARTS) is 1. The van der Waals surface area contributed by atoms with Gasteiger partial charge in [-0.3, -0.25) is 4.79 Å². The van der Waals surface area contributed by atoms with E-state index in [0.717, 1.165) is 22.3 Å². The Bertz CT molecular complexity index is 1560. The van der Waals surface area contributed by atoms with Gasteiger partial charge in [0, 0.05) is 36.3 Å². The summed E-state index contributed by atoms with van der Waals surface area (Å²) in [6.45, 7) is 1.84. The predicted molar refractivity (Wildman–Crippen MR) is 141 cm³/mol. The minimum absolute atomic E-state index is 0.172. The largest absolute Gasteiger partial charge is 0.478 e. The van der Waals surface area contributed by atoms with E-state index in [1.807, 2.05) is 31.2 Å². The van der Waals surface area contributed by atoms with Crippen molar-refractivity contribution in [3.8, 4) is 11.1 Å². The van der Waals surface area contributed by atoms with E-state index in [0.29, 0.717) is 5.56 Å². The molecule has 0 aliphatic heterocycles. The lowest BCUT2D eigenvalue weighted by Crippen LogP contribution is -2.20. The first kappa shape index (κ1) is 25.9. The minimum atomic E-state index is -0.993. The number of rotatable bonds is 7. The van der Waals surface area contributed by atoms with Crippen LogP contribution in [-0.2, 0) is 13.5 Å². The van der Waals surface area contributed by atoms with Gasteiger partial charge in [-0.15, -0.1) is 0 Å². The van der Waals surface area contributed by atoms with E-state index in [9.17, 15) is 19.9 Å². The highest BCUT2D eigenvalue weighted by atomic mass is 35.5. The smallest absolute Gasteiger partial charge is 0.335 e. The molecule has 1 unspecified atom stereocenters. The van der Waals surface area contributed by atoms with Gasteiger partial charge in [0.25, 0.3) is 0 Å². The highest BCUT2D eigenvalue weighted by Crippen LogP contribution is 2.33. The monoisotopic (exact) mass is 518 g/mol. The third kappa shape index (κ3) is 5.62. The molecule has 37 heavy (non-hydrogen) atoms. The lowest BCUT2D eigenvalue weighted by Gasteiger charge is -2.21. The summed E-state index contributed by atoms with van der Waals surface area (Å²) in [5.74, 6) is -2.26. The lowest BCUT2D eigenvalue weighted by molar-refractivity contribution is 0.0696. The Morgan fingerprint density at radius 2 is 1.78 bits per heavy atom. The van der Waals surface area contributed by atoms with Crippen LogP contribution in [0, 0.1) is 12.7 Å². The van der Waals surface area contributed by atoms with Crippen molar-refractivity contribution in [1.82, 2.24) is 4.57 Å². The zero-order valence-electron chi connectivity index (χ0n) is 20.2. The standard InChI is InChI=1S/C29H24ClFN2O4/c1-17-13-21(29(35)36)8-10-23(17)19-4-6-20(7-5-19)28(24-11-9-22(30)15-25(24)31)26(32-37)14-18-3-12-27(34)33(2)16-18/h3-13,15-16,28,37H,14H2,1-2H3,(H,35,36)/b32-26+. The zero-order chi connectivity index (χ0) is 26.7. The fraction of sp³-hybridized carbons (Fsp3) is 0.138. The van der Waals surface area contributed by atoms with Crippen molar-refractivity contribution in [2.75, 3.05) is 0 Å². The Morgan fingerprint density at radius 1 is 1.05 bits per heavy atom. The molecule has 0 aliphatic rings. The maximum Gasteiger partial charge on any atom is 0.335 e. The normalized spacial score (nSPS) is 12.4. The number of aromatic carboxylic acids is 1. The summed E-state index contributed by atoms with van der Waals surface area (Å²) in [5, 5.41) is 23.0. The topological polar surface area (TPSA) is 91.9 Å². The van der Waals surface area contributed by atoms with Crippen LogP contribution >= 0.6 is 11.6 Å². The highest BCUT2D eigenvalue weighted by Gasteiger charge is 2.25. The molecule has 0 aliphatic carbocycles. The van der Waals surface area contributed by atoms with E-state index in [4.69, 9.17) is 11.6 Å². The number of aromatic nitrogens is 1. The van der Waals surface area contributed by atoms with Gasteiger partial charge in [-0.05, 0) is 59.0 Å². The van der Waals surface area contributed by atoms with Crippen molar-refractivity contribution in [3.05, 3.63) is 128 Å². The number of hydrogen-bond acceptors (Lipinski definition) is 4. The average molecular weight is 519 g/mol. The van der Waals surface area contributed by atoms with E-state index >= 15 is 4.39 Å². The first-order valence-electron chi connectivity index (χ1n) is 11.4. The van der Waals surface area contributed by atoms with E-state index < -0.39 is 17.7 Å². The molecule has 6 nitrogen and oxygen atoms in total. The fourth-order valence-electron chi connectivity index (χ4n) is 4.42. The van der Waals surface area contributed by atoms with Crippen molar-refractivity contribution in [1.29, 1.82) is 0 Å². The van der Waals surface area contributed by atoms with Gasteiger partial charge < -0.3 is 14.9 Å². The number of pyridine rings is 1. The molecule has 1 atom stereocenters. The molecule has 0 spiro atoms. The average Bonchev–Trinajstić information content (AvgIpc) is 2.87. The molecule has 0 saturated heterocycles. The highest BCUT2D eigenvalue weighted by molar-refractivity contribution is 6.30. The van der Waals surface area contributed by atoms with Crippen LogP contribution in [0.2, 0.25) is 5.02 Å². The number of hydrogen-bond donors (Lipinski definition) is 2. The Labute approximate surface area is 217 Å². The zero-order valence-corrected chi connectivity index (χ0v) is 20.9. The van der Waals surface area contributed by atoms with Gasteiger partial charge in [-0.25, -0.2) is 9.18 Å². The molecule has 8 heteroatoms. The maximum absolute atomic E-state index is 15.1. The summed E-state index contributed by atoms with van der Waals surface area (Å²) in [4.78, 5) is 23.1. The molecule has 3 aromatic carbocycles. The van der Waals surface area contributed by atoms with Gasteiger partial charge in [0.05, 0.1) is 17.2 Å². The summed E-state index contributed by atoms with van der Waals surface area (Å²) >= 11 is 5.99. The number of benzene rings is 3. The predicted octanol–water partition coefficient (Wildman–Crippen LogP) is 6.06. The van der Waals surface area contributed by atoms with Crippen LogP contribution in [0.15, 0.2) is 88.9 Å². The molecule has 1 heterocycles. The summed E-state index contributed by atoms with van der Waals surface area (Å²) in [5.41, 5.74) is 4.54. The van der Waals surface area contributed by atoms with Crippen molar-refractivity contribution in [3.63, 3.8) is 0 Å². The van der Waals surface area contributed by atoms with Gasteiger partial charge in [0.15, 0.2) is 0 Å². The van der Waals surface area contributed by atoms with Gasteiger partial charge >= 0.3 is 5.97 Å². The van der Waals surface area contributed by atoms with Crippen molar-refractivity contribution < 1.29 is 19.5 Å². The quantitative estimate of drug-likeness (QED) is 0.177. The minimum Gasteiger partial charge on any atom is -0.478 e. The molecular formula is C29H24ClFN2O4. The van der Waals surface area contributed by atoms with Crippen LogP contribution in [0.25, 0.3) is 11.1 Å². The van der Waals surface area contributed by atoms with Crippen molar-refractivity contribution >= 4 is 23.3 Å². The van der Waals surface area contributed by atoms with Gasteiger partial charge in [0.2, 0.25) is 5.56 Å². The Hall–Kier alpha value is -4.23. The van der Waals surface area contributed by atoms with Crippen LogP contribution in [-0.4, -0.2) is 26.6 Å². The first-order valence-corrected chi connectivity index (χ1v) is 11.8. The van der Waals surface area contributed by atoms with Crippen LogP contribution in [0.4, 0.5) is 4.39 Å². The summed E-state index contributed by atoms with van der Waals surface area (Å²) in [7, 11) is 1.63. The summed E-state index contributed by atoms with van der Waals surface area (Å²) in [6, 6.07) is 19.7. The fourth-order valence-corrected chi connectivity index (χ4v) is 4.58. The number of oxime groups is 1. The van der Waals surface area contributed by atoms with E-state index in [-0.39, 0.29) is 33.8 Å².